The second-order valence-corrected chi connectivity index (χ2v) is 8.18. The van der Waals surface area contributed by atoms with Crippen molar-refractivity contribution in [1.82, 2.24) is 4.90 Å². The Bertz CT molecular complexity index is 976. The van der Waals surface area contributed by atoms with Gasteiger partial charge in [-0.1, -0.05) is 29.3 Å². The van der Waals surface area contributed by atoms with Crippen LogP contribution in [0.4, 0.5) is 15.8 Å². The van der Waals surface area contributed by atoms with Crippen LogP contribution in [0.2, 0.25) is 10.0 Å². The maximum absolute atomic E-state index is 13.4. The van der Waals surface area contributed by atoms with E-state index in [4.69, 9.17) is 23.2 Å². The molecule has 0 saturated carbocycles. The third-order valence-electron chi connectivity index (χ3n) is 5.55. The summed E-state index contributed by atoms with van der Waals surface area (Å²) in [6.07, 6.45) is 0.115. The zero-order chi connectivity index (χ0) is 20.7. The van der Waals surface area contributed by atoms with Crippen molar-refractivity contribution >= 4 is 46.4 Å². The summed E-state index contributed by atoms with van der Waals surface area (Å²) in [4.78, 5) is 30.9. The number of anilines is 2. The van der Waals surface area contributed by atoms with Gasteiger partial charge in [-0.25, -0.2) is 9.29 Å². The van der Waals surface area contributed by atoms with Gasteiger partial charge in [-0.3, -0.25) is 14.5 Å². The molecule has 2 amide bonds. The predicted molar refractivity (Wildman–Crippen MR) is 112 cm³/mol. The number of nitrogens with zero attached hydrogens (tertiary/aromatic N) is 3. The third kappa shape index (κ3) is 3.84. The second-order valence-electron chi connectivity index (χ2n) is 7.34. The summed E-state index contributed by atoms with van der Waals surface area (Å²) in [5, 5.41) is 0.579. The fourth-order valence-corrected chi connectivity index (χ4v) is 4.34. The molecule has 0 N–H and O–H groups in total. The van der Waals surface area contributed by atoms with Crippen LogP contribution in [0.25, 0.3) is 0 Å². The molecule has 2 aliphatic rings. The molecule has 152 valence electrons. The minimum Gasteiger partial charge on any atom is -0.369 e. The molecular weight excluding hydrogens is 416 g/mol. The van der Waals surface area contributed by atoms with Crippen molar-refractivity contribution in [2.45, 2.75) is 19.4 Å². The highest BCUT2D eigenvalue weighted by molar-refractivity contribution is 6.31. The van der Waals surface area contributed by atoms with Crippen LogP contribution in [0, 0.1) is 12.7 Å². The summed E-state index contributed by atoms with van der Waals surface area (Å²) in [7, 11) is 0. The highest BCUT2D eigenvalue weighted by Gasteiger charge is 2.43. The first-order chi connectivity index (χ1) is 13.8. The minimum absolute atomic E-state index is 0.114. The highest BCUT2D eigenvalue weighted by atomic mass is 35.5. The van der Waals surface area contributed by atoms with Gasteiger partial charge in [-0.05, 0) is 42.8 Å². The average Bonchev–Trinajstić information content (AvgIpc) is 3.00. The van der Waals surface area contributed by atoms with Crippen molar-refractivity contribution in [3.05, 3.63) is 57.8 Å². The zero-order valence-electron chi connectivity index (χ0n) is 15.9. The fraction of sp³-hybridized carbons (Fsp3) is 0.333. The minimum atomic E-state index is -0.585. The maximum Gasteiger partial charge on any atom is 0.251 e. The number of aryl methyl sites for hydroxylation is 1. The van der Waals surface area contributed by atoms with Crippen molar-refractivity contribution in [2.24, 2.45) is 0 Å². The first-order valence-electron chi connectivity index (χ1n) is 9.42. The number of hydrogen-bond donors (Lipinski definition) is 0. The molecule has 0 spiro atoms. The molecule has 5 nitrogen and oxygen atoms in total. The summed E-state index contributed by atoms with van der Waals surface area (Å²) in [5.41, 5.74) is 2.55. The van der Waals surface area contributed by atoms with Gasteiger partial charge in [0.15, 0.2) is 0 Å². The summed E-state index contributed by atoms with van der Waals surface area (Å²) in [6, 6.07) is 9.20. The molecule has 4 rings (SSSR count). The Morgan fingerprint density at radius 3 is 2.41 bits per heavy atom. The van der Waals surface area contributed by atoms with E-state index in [9.17, 15) is 14.0 Å². The zero-order valence-corrected chi connectivity index (χ0v) is 17.4. The largest absolute Gasteiger partial charge is 0.369 e. The van der Waals surface area contributed by atoms with Gasteiger partial charge in [-0.15, -0.1) is 0 Å². The fourth-order valence-electron chi connectivity index (χ4n) is 3.99. The van der Waals surface area contributed by atoms with E-state index in [-0.39, 0.29) is 23.3 Å². The molecule has 2 fully saturated rings. The molecule has 2 aromatic carbocycles. The lowest BCUT2D eigenvalue weighted by Gasteiger charge is -2.38. The van der Waals surface area contributed by atoms with Crippen LogP contribution in [0.5, 0.6) is 0 Å². The molecule has 0 bridgehead atoms. The molecule has 2 aliphatic heterocycles. The van der Waals surface area contributed by atoms with E-state index in [0.717, 1.165) is 35.3 Å². The van der Waals surface area contributed by atoms with E-state index in [0.29, 0.717) is 23.8 Å². The standard InChI is InChI=1S/C21H20Cl2FN3O2/c1-13-2-3-14(22)10-18(13)25-6-8-26(9-7-25)19-12-20(28)27(21(19)29)15-4-5-17(24)16(23)11-15/h2-5,10-11,19H,6-9,12H2,1H3/t19-/m1/s1. The van der Waals surface area contributed by atoms with Crippen molar-refractivity contribution < 1.29 is 14.0 Å². The van der Waals surface area contributed by atoms with E-state index < -0.39 is 11.9 Å². The van der Waals surface area contributed by atoms with Crippen LogP contribution in [0.1, 0.15) is 12.0 Å². The third-order valence-corrected chi connectivity index (χ3v) is 6.08. The van der Waals surface area contributed by atoms with Gasteiger partial charge >= 0.3 is 0 Å². The molecule has 1 atom stereocenters. The number of benzene rings is 2. The molecule has 2 saturated heterocycles. The van der Waals surface area contributed by atoms with Crippen LogP contribution in [-0.4, -0.2) is 48.9 Å². The Labute approximate surface area is 178 Å². The number of amides is 2. The number of carbonyl (C=O) groups is 2. The lowest BCUT2D eigenvalue weighted by molar-refractivity contribution is -0.123. The number of halogens is 3. The number of piperazine rings is 1. The molecule has 29 heavy (non-hydrogen) atoms. The Balaban J connectivity index is 1.46. The van der Waals surface area contributed by atoms with Gasteiger partial charge in [0.25, 0.3) is 5.91 Å². The molecule has 0 aromatic heterocycles. The lowest BCUT2D eigenvalue weighted by atomic mass is 10.1. The smallest absolute Gasteiger partial charge is 0.251 e. The van der Waals surface area contributed by atoms with E-state index in [1.807, 2.05) is 30.0 Å². The van der Waals surface area contributed by atoms with Crippen LogP contribution >= 0.6 is 23.2 Å². The topological polar surface area (TPSA) is 43.9 Å². The number of carbonyl (C=O) groups excluding carboxylic acids is 2. The Hall–Kier alpha value is -2.15. The van der Waals surface area contributed by atoms with Crippen molar-refractivity contribution in [3.63, 3.8) is 0 Å². The lowest BCUT2D eigenvalue weighted by Crippen LogP contribution is -2.52. The maximum atomic E-state index is 13.4. The Morgan fingerprint density at radius 2 is 1.72 bits per heavy atom. The molecular formula is C21H20Cl2FN3O2. The van der Waals surface area contributed by atoms with Crippen LogP contribution in [-0.2, 0) is 9.59 Å². The predicted octanol–water partition coefficient (Wildman–Crippen LogP) is 3.90. The van der Waals surface area contributed by atoms with Gasteiger partial charge < -0.3 is 4.90 Å². The molecule has 0 unspecified atom stereocenters. The van der Waals surface area contributed by atoms with Crippen LogP contribution in [0.3, 0.4) is 0 Å². The van der Waals surface area contributed by atoms with Crippen molar-refractivity contribution in [3.8, 4) is 0 Å². The first-order valence-corrected chi connectivity index (χ1v) is 10.2. The molecule has 2 heterocycles. The Kier molecular flexibility index (Phi) is 5.51. The van der Waals surface area contributed by atoms with Gasteiger partial charge in [0.05, 0.1) is 23.2 Å². The summed E-state index contributed by atoms with van der Waals surface area (Å²) in [6.45, 7) is 4.84. The molecule has 0 aliphatic carbocycles. The van der Waals surface area contributed by atoms with Crippen molar-refractivity contribution in [1.29, 1.82) is 0 Å². The highest BCUT2D eigenvalue weighted by Crippen LogP contribution is 2.30. The van der Waals surface area contributed by atoms with E-state index in [2.05, 4.69) is 4.90 Å². The number of hydrogen-bond acceptors (Lipinski definition) is 4. The number of imide groups is 1. The average molecular weight is 436 g/mol. The van der Waals surface area contributed by atoms with Gasteiger partial charge in [0.1, 0.15) is 5.82 Å². The quantitative estimate of drug-likeness (QED) is 0.685. The second kappa shape index (κ2) is 7.94. The van der Waals surface area contributed by atoms with Crippen molar-refractivity contribution in [2.75, 3.05) is 36.0 Å². The summed E-state index contributed by atoms with van der Waals surface area (Å²) >= 11 is 12.0. The molecule has 0 radical (unpaired) electrons. The van der Waals surface area contributed by atoms with E-state index in [1.54, 1.807) is 0 Å². The SMILES string of the molecule is Cc1ccc(Cl)cc1N1CCN([C@@H]2CC(=O)N(c3ccc(F)c(Cl)c3)C2=O)CC1. The summed E-state index contributed by atoms with van der Waals surface area (Å²) < 4.78 is 13.4. The summed E-state index contributed by atoms with van der Waals surface area (Å²) in [5.74, 6) is -1.17. The monoisotopic (exact) mass is 435 g/mol. The first kappa shape index (κ1) is 20.1. The normalized spacial score (nSPS) is 20.6. The molecule has 8 heteroatoms. The van der Waals surface area contributed by atoms with Crippen LogP contribution in [0.15, 0.2) is 36.4 Å². The van der Waals surface area contributed by atoms with Gasteiger partial charge in [0, 0.05) is 36.9 Å². The van der Waals surface area contributed by atoms with Gasteiger partial charge in [-0.2, -0.15) is 0 Å². The molecule has 2 aromatic rings. The van der Waals surface area contributed by atoms with E-state index >= 15 is 0 Å². The number of rotatable bonds is 3. The van der Waals surface area contributed by atoms with Gasteiger partial charge in [0.2, 0.25) is 5.91 Å². The van der Waals surface area contributed by atoms with E-state index in [1.165, 1.54) is 12.1 Å². The Morgan fingerprint density at radius 1 is 1.00 bits per heavy atom. The van der Waals surface area contributed by atoms with Crippen LogP contribution < -0.4 is 9.80 Å².